The van der Waals surface area contributed by atoms with Gasteiger partial charge in [0.15, 0.2) is 0 Å². The van der Waals surface area contributed by atoms with Crippen LogP contribution in [0.3, 0.4) is 0 Å². The van der Waals surface area contributed by atoms with E-state index in [4.69, 9.17) is 4.74 Å². The van der Waals surface area contributed by atoms with Gasteiger partial charge in [-0.2, -0.15) is 0 Å². The number of thioether (sulfide) groups is 1. The van der Waals surface area contributed by atoms with Gasteiger partial charge >= 0.3 is 6.09 Å². The van der Waals surface area contributed by atoms with Gasteiger partial charge in [0.1, 0.15) is 6.61 Å². The highest BCUT2D eigenvalue weighted by atomic mass is 32.2. The number of rotatable bonds is 0. The summed E-state index contributed by atoms with van der Waals surface area (Å²) in [5, 5.41) is 0. The summed E-state index contributed by atoms with van der Waals surface area (Å²) in [7, 11) is 0. The van der Waals surface area contributed by atoms with Crippen molar-refractivity contribution < 1.29 is 9.53 Å². The first-order valence-corrected chi connectivity index (χ1v) is 4.04. The van der Waals surface area contributed by atoms with E-state index in [-0.39, 0.29) is 6.09 Å². The van der Waals surface area contributed by atoms with Crippen molar-refractivity contribution >= 4 is 17.9 Å². The molecule has 2 fully saturated rings. The highest BCUT2D eigenvalue weighted by Crippen LogP contribution is 2.25. The van der Waals surface area contributed by atoms with Gasteiger partial charge in [-0.15, -0.1) is 11.8 Å². The Hall–Kier alpha value is -0.380. The summed E-state index contributed by atoms with van der Waals surface area (Å²) >= 11 is 1.79. The molecule has 3 nitrogen and oxygen atoms in total. The van der Waals surface area contributed by atoms with Gasteiger partial charge in [0.05, 0.1) is 11.9 Å². The lowest BCUT2D eigenvalue weighted by molar-refractivity contribution is 0.162. The molecule has 2 aliphatic heterocycles. The van der Waals surface area contributed by atoms with Crippen molar-refractivity contribution in [3.05, 3.63) is 0 Å². The Bertz CT molecular complexity index is 150. The molecule has 0 saturated carbocycles. The van der Waals surface area contributed by atoms with Gasteiger partial charge in [0.2, 0.25) is 0 Å². The first kappa shape index (κ1) is 5.41. The summed E-state index contributed by atoms with van der Waals surface area (Å²) in [6.07, 6.45) is -0.134. The molecule has 0 aromatic rings. The highest BCUT2D eigenvalue weighted by molar-refractivity contribution is 7.99. The number of fused-ring (bicyclic) bond motifs is 1. The lowest BCUT2D eigenvalue weighted by Gasteiger charge is -2.06. The Morgan fingerprint density at radius 2 is 2.67 bits per heavy atom. The van der Waals surface area contributed by atoms with Crippen molar-refractivity contribution in [2.45, 2.75) is 6.04 Å². The number of hydrogen-bond acceptors (Lipinski definition) is 3. The average Bonchev–Trinajstić information content (AvgIpc) is 2.35. The van der Waals surface area contributed by atoms with Crippen LogP contribution >= 0.6 is 11.8 Å². The largest absolute Gasteiger partial charge is 0.447 e. The van der Waals surface area contributed by atoms with E-state index in [0.717, 1.165) is 11.6 Å². The van der Waals surface area contributed by atoms with Crippen molar-refractivity contribution in [3.63, 3.8) is 0 Å². The summed E-state index contributed by atoms with van der Waals surface area (Å²) in [6, 6.07) is 0.377. The average molecular weight is 145 g/mol. The lowest BCUT2D eigenvalue weighted by atomic mass is 10.4. The molecule has 4 heteroatoms. The Balaban J connectivity index is 2.15. The topological polar surface area (TPSA) is 29.5 Å². The number of carbonyl (C=O) groups excluding carboxylic acids is 1. The molecule has 0 bridgehead atoms. The molecule has 0 aromatic carbocycles. The molecule has 0 spiro atoms. The highest BCUT2D eigenvalue weighted by Gasteiger charge is 2.36. The number of hydrogen-bond donors (Lipinski definition) is 0. The first-order chi connectivity index (χ1) is 4.38. The Kier molecular flexibility index (Phi) is 1.08. The lowest BCUT2D eigenvalue weighted by Crippen LogP contribution is -2.27. The van der Waals surface area contributed by atoms with Crippen LogP contribution in [-0.2, 0) is 4.74 Å². The van der Waals surface area contributed by atoms with Crippen LogP contribution in [0, 0.1) is 0 Å². The van der Waals surface area contributed by atoms with Crippen molar-refractivity contribution in [1.82, 2.24) is 4.90 Å². The second-order valence-electron chi connectivity index (χ2n) is 2.20. The minimum Gasteiger partial charge on any atom is -0.447 e. The molecular formula is C5H7NO2S. The van der Waals surface area contributed by atoms with Gasteiger partial charge in [-0.3, -0.25) is 4.90 Å². The SMILES string of the molecule is O=C1OCC2CSCN12. The van der Waals surface area contributed by atoms with Crippen LogP contribution < -0.4 is 0 Å². The third-order valence-corrected chi connectivity index (χ3v) is 2.70. The minimum atomic E-state index is -0.134. The summed E-state index contributed by atoms with van der Waals surface area (Å²) < 4.78 is 4.79. The zero-order valence-electron chi connectivity index (χ0n) is 4.87. The molecule has 2 aliphatic rings. The summed E-state index contributed by atoms with van der Waals surface area (Å²) in [6.45, 7) is 0.603. The molecule has 0 aromatic heterocycles. The first-order valence-electron chi connectivity index (χ1n) is 2.89. The number of cyclic esters (lactones) is 1. The van der Waals surface area contributed by atoms with Crippen molar-refractivity contribution in [1.29, 1.82) is 0 Å². The summed E-state index contributed by atoms with van der Waals surface area (Å²) in [5.74, 6) is 1.87. The fraction of sp³-hybridized carbons (Fsp3) is 0.800. The molecule has 9 heavy (non-hydrogen) atoms. The van der Waals surface area contributed by atoms with Crippen LogP contribution in [0.15, 0.2) is 0 Å². The standard InChI is InChI=1S/C5H7NO2S/c7-5-6-3-9-2-4(6)1-8-5/h4H,1-3H2. The normalized spacial score (nSPS) is 32.7. The maximum atomic E-state index is 10.7. The summed E-state index contributed by atoms with van der Waals surface area (Å²) in [4.78, 5) is 12.5. The number of amides is 1. The summed E-state index contributed by atoms with van der Waals surface area (Å²) in [5.41, 5.74) is 0. The maximum absolute atomic E-state index is 10.7. The number of ether oxygens (including phenoxy) is 1. The minimum absolute atomic E-state index is 0.134. The van der Waals surface area contributed by atoms with Crippen LogP contribution in [0.4, 0.5) is 4.79 Å². The molecule has 50 valence electrons. The molecule has 2 rings (SSSR count). The van der Waals surface area contributed by atoms with Crippen LogP contribution in [0.5, 0.6) is 0 Å². The molecule has 0 radical (unpaired) electrons. The molecule has 2 heterocycles. The third kappa shape index (κ3) is 0.694. The predicted octanol–water partition coefficient (Wildman–Crippen LogP) is 0.511. The van der Waals surface area contributed by atoms with Crippen LogP contribution in [-0.4, -0.2) is 35.3 Å². The van der Waals surface area contributed by atoms with Gasteiger partial charge in [-0.1, -0.05) is 0 Å². The number of carbonyl (C=O) groups is 1. The van der Waals surface area contributed by atoms with E-state index in [1.54, 1.807) is 16.7 Å². The quantitative estimate of drug-likeness (QED) is 0.497. The van der Waals surface area contributed by atoms with E-state index in [2.05, 4.69) is 0 Å². The van der Waals surface area contributed by atoms with Gasteiger partial charge in [-0.25, -0.2) is 4.79 Å². The third-order valence-electron chi connectivity index (χ3n) is 1.62. The van der Waals surface area contributed by atoms with Gasteiger partial charge in [0, 0.05) is 5.75 Å². The predicted molar refractivity (Wildman–Crippen MR) is 34.3 cm³/mol. The second kappa shape index (κ2) is 1.80. The van der Waals surface area contributed by atoms with Crippen molar-refractivity contribution in [2.75, 3.05) is 18.2 Å². The molecule has 2 saturated heterocycles. The fourth-order valence-electron chi connectivity index (χ4n) is 1.07. The molecule has 1 unspecified atom stereocenters. The van der Waals surface area contributed by atoms with Crippen molar-refractivity contribution in [2.24, 2.45) is 0 Å². The van der Waals surface area contributed by atoms with Crippen molar-refractivity contribution in [3.8, 4) is 0 Å². The zero-order chi connectivity index (χ0) is 6.27. The van der Waals surface area contributed by atoms with Gasteiger partial charge in [0.25, 0.3) is 0 Å². The van der Waals surface area contributed by atoms with Crippen LogP contribution in [0.1, 0.15) is 0 Å². The van der Waals surface area contributed by atoms with Crippen LogP contribution in [0.2, 0.25) is 0 Å². The van der Waals surface area contributed by atoms with Gasteiger partial charge in [-0.05, 0) is 0 Å². The second-order valence-corrected chi connectivity index (χ2v) is 3.20. The maximum Gasteiger partial charge on any atom is 0.410 e. The molecular weight excluding hydrogens is 138 g/mol. The van der Waals surface area contributed by atoms with Crippen LogP contribution in [0.25, 0.3) is 0 Å². The molecule has 0 aliphatic carbocycles. The van der Waals surface area contributed by atoms with E-state index < -0.39 is 0 Å². The Morgan fingerprint density at radius 3 is 3.44 bits per heavy atom. The van der Waals surface area contributed by atoms with E-state index in [9.17, 15) is 4.79 Å². The molecule has 0 N–H and O–H groups in total. The smallest absolute Gasteiger partial charge is 0.410 e. The van der Waals surface area contributed by atoms with E-state index in [1.165, 1.54) is 0 Å². The van der Waals surface area contributed by atoms with Gasteiger partial charge < -0.3 is 4.74 Å². The molecule has 1 atom stereocenters. The Morgan fingerprint density at radius 1 is 1.78 bits per heavy atom. The van der Waals surface area contributed by atoms with E-state index in [0.29, 0.717) is 12.6 Å². The van der Waals surface area contributed by atoms with E-state index >= 15 is 0 Å². The Labute approximate surface area is 57.3 Å². The zero-order valence-corrected chi connectivity index (χ0v) is 5.69. The number of nitrogens with zero attached hydrogens (tertiary/aromatic N) is 1. The fourth-order valence-corrected chi connectivity index (χ4v) is 2.24. The molecule has 1 amide bonds. The van der Waals surface area contributed by atoms with E-state index in [1.807, 2.05) is 0 Å². The monoisotopic (exact) mass is 145 g/mol.